The normalized spacial score (nSPS) is 10.6. The van der Waals surface area contributed by atoms with E-state index in [9.17, 15) is 4.79 Å². The van der Waals surface area contributed by atoms with Crippen LogP contribution in [0.2, 0.25) is 0 Å². The van der Waals surface area contributed by atoms with Crippen LogP contribution < -0.4 is 10.2 Å². The van der Waals surface area contributed by atoms with Crippen LogP contribution in [0.25, 0.3) is 0 Å². The monoisotopic (exact) mass is 298 g/mol. The summed E-state index contributed by atoms with van der Waals surface area (Å²) >= 11 is 0. The first-order valence-electron chi connectivity index (χ1n) is 7.50. The first kappa shape index (κ1) is 15.9. The Bertz CT molecular complexity index is 637. The van der Waals surface area contributed by atoms with Crippen LogP contribution in [0, 0.1) is 12.8 Å². The van der Waals surface area contributed by atoms with Crippen LogP contribution in [-0.4, -0.2) is 22.6 Å². The van der Waals surface area contributed by atoms with E-state index in [1.165, 1.54) is 5.56 Å². The van der Waals surface area contributed by atoms with Crippen molar-refractivity contribution < 1.29 is 4.79 Å². The second-order valence-corrected chi connectivity index (χ2v) is 5.50. The molecule has 0 atom stereocenters. The number of amides is 1. The summed E-state index contributed by atoms with van der Waals surface area (Å²) in [6.07, 6.45) is 0. The van der Waals surface area contributed by atoms with E-state index < -0.39 is 0 Å². The van der Waals surface area contributed by atoms with Crippen LogP contribution in [-0.2, 0) is 4.79 Å². The molecule has 2 rings (SSSR count). The van der Waals surface area contributed by atoms with E-state index in [0.717, 1.165) is 18.1 Å². The first-order valence-corrected chi connectivity index (χ1v) is 7.50. The van der Waals surface area contributed by atoms with Gasteiger partial charge in [0.05, 0.1) is 0 Å². The predicted molar refractivity (Wildman–Crippen MR) is 89.4 cm³/mol. The molecule has 0 aliphatic rings. The highest BCUT2D eigenvalue weighted by molar-refractivity contribution is 5.91. The lowest BCUT2D eigenvalue weighted by atomic mass is 10.2. The summed E-state index contributed by atoms with van der Waals surface area (Å²) in [5.41, 5.74) is 2.28. The number of aryl methyl sites for hydroxylation is 1. The minimum Gasteiger partial charge on any atom is -0.325 e. The molecule has 22 heavy (non-hydrogen) atoms. The van der Waals surface area contributed by atoms with Crippen LogP contribution in [0.3, 0.4) is 0 Å². The molecule has 1 amide bonds. The predicted octanol–water partition coefficient (Wildman–Crippen LogP) is 3.54. The van der Waals surface area contributed by atoms with E-state index in [4.69, 9.17) is 0 Å². The molecule has 5 heteroatoms. The van der Waals surface area contributed by atoms with E-state index in [-0.39, 0.29) is 11.8 Å². The number of nitrogens with one attached hydrogen (secondary N) is 1. The van der Waals surface area contributed by atoms with Crippen molar-refractivity contribution in [1.82, 2.24) is 10.2 Å². The van der Waals surface area contributed by atoms with Crippen LogP contribution >= 0.6 is 0 Å². The Morgan fingerprint density at radius 3 is 2.55 bits per heavy atom. The Hall–Kier alpha value is -2.43. The molecule has 1 aromatic heterocycles. The number of hydrogen-bond donors (Lipinski definition) is 1. The van der Waals surface area contributed by atoms with Gasteiger partial charge in [0.15, 0.2) is 11.6 Å². The first-order chi connectivity index (χ1) is 10.5. The quantitative estimate of drug-likeness (QED) is 0.917. The molecule has 116 valence electrons. The van der Waals surface area contributed by atoms with Crippen molar-refractivity contribution in [2.75, 3.05) is 16.8 Å². The molecule has 1 aromatic carbocycles. The maximum atomic E-state index is 11.7. The Morgan fingerprint density at radius 1 is 1.23 bits per heavy atom. The highest BCUT2D eigenvalue weighted by Crippen LogP contribution is 2.24. The number of anilines is 3. The average Bonchev–Trinajstić information content (AvgIpc) is 2.49. The van der Waals surface area contributed by atoms with Crippen molar-refractivity contribution in [1.29, 1.82) is 0 Å². The Labute approximate surface area is 131 Å². The molecule has 0 saturated heterocycles. The molecule has 0 radical (unpaired) electrons. The van der Waals surface area contributed by atoms with Gasteiger partial charge in [-0.1, -0.05) is 26.0 Å². The summed E-state index contributed by atoms with van der Waals surface area (Å²) in [4.78, 5) is 13.7. The molecule has 5 nitrogen and oxygen atoms in total. The van der Waals surface area contributed by atoms with Crippen molar-refractivity contribution in [3.63, 3.8) is 0 Å². The molecule has 0 saturated carbocycles. The Morgan fingerprint density at radius 2 is 2.00 bits per heavy atom. The van der Waals surface area contributed by atoms with Gasteiger partial charge < -0.3 is 10.2 Å². The summed E-state index contributed by atoms with van der Waals surface area (Å²) in [6.45, 7) is 8.60. The fraction of sp³-hybridized carbons (Fsp3) is 0.353. The minimum atomic E-state index is -0.0825. The van der Waals surface area contributed by atoms with Gasteiger partial charge in [-0.25, -0.2) is 0 Å². The highest BCUT2D eigenvalue weighted by Gasteiger charge is 2.11. The standard InChI is InChI=1S/C17H22N4O/c1-5-21(14-8-6-7-13(4)11-14)16-10-9-15(19-20-16)18-17(22)12(2)3/h6-12H,5H2,1-4H3,(H,18,19,22). The van der Waals surface area contributed by atoms with Crippen LogP contribution in [0.5, 0.6) is 0 Å². The number of rotatable bonds is 5. The van der Waals surface area contributed by atoms with Gasteiger partial charge in [0.25, 0.3) is 0 Å². The van der Waals surface area contributed by atoms with Gasteiger partial charge in [-0.2, -0.15) is 0 Å². The summed E-state index contributed by atoms with van der Waals surface area (Å²) in [5.74, 6) is 1.09. The van der Waals surface area contributed by atoms with E-state index in [1.807, 2.05) is 32.0 Å². The molecule has 0 spiro atoms. The van der Waals surface area contributed by atoms with Crippen molar-refractivity contribution in [3.05, 3.63) is 42.0 Å². The number of benzene rings is 1. The minimum absolute atomic E-state index is 0.0620. The zero-order valence-corrected chi connectivity index (χ0v) is 13.5. The lowest BCUT2D eigenvalue weighted by Gasteiger charge is -2.22. The van der Waals surface area contributed by atoms with Crippen molar-refractivity contribution in [3.8, 4) is 0 Å². The third-order valence-electron chi connectivity index (χ3n) is 3.33. The molecule has 0 fully saturated rings. The fourth-order valence-electron chi connectivity index (χ4n) is 2.08. The highest BCUT2D eigenvalue weighted by atomic mass is 16.1. The number of carbonyl (C=O) groups excluding carboxylic acids is 1. The third kappa shape index (κ3) is 3.81. The molecule has 1 N–H and O–H groups in total. The van der Waals surface area contributed by atoms with Crippen molar-refractivity contribution in [2.45, 2.75) is 27.7 Å². The van der Waals surface area contributed by atoms with Crippen LogP contribution in [0.15, 0.2) is 36.4 Å². The maximum absolute atomic E-state index is 11.7. The SMILES string of the molecule is CCN(c1cccc(C)c1)c1ccc(NC(=O)C(C)C)nn1. The van der Waals surface area contributed by atoms with Crippen LogP contribution in [0.1, 0.15) is 26.3 Å². The van der Waals surface area contributed by atoms with Gasteiger partial charge in [-0.3, -0.25) is 4.79 Å². The number of nitrogens with zero attached hydrogens (tertiary/aromatic N) is 3. The third-order valence-corrected chi connectivity index (χ3v) is 3.33. The van der Waals surface area contributed by atoms with Gasteiger partial charge in [0, 0.05) is 18.2 Å². The number of carbonyl (C=O) groups is 1. The summed E-state index contributed by atoms with van der Waals surface area (Å²) < 4.78 is 0. The maximum Gasteiger partial charge on any atom is 0.228 e. The van der Waals surface area contributed by atoms with E-state index in [1.54, 1.807) is 6.07 Å². The molecule has 0 aliphatic carbocycles. The lowest BCUT2D eigenvalue weighted by Crippen LogP contribution is -2.20. The van der Waals surface area contributed by atoms with Gasteiger partial charge in [-0.05, 0) is 43.7 Å². The Balaban J connectivity index is 2.19. The second-order valence-electron chi connectivity index (χ2n) is 5.50. The molecule has 0 aliphatic heterocycles. The number of hydrogen-bond acceptors (Lipinski definition) is 4. The van der Waals surface area contributed by atoms with E-state index >= 15 is 0 Å². The van der Waals surface area contributed by atoms with E-state index in [0.29, 0.717) is 5.82 Å². The molecule has 2 aromatic rings. The topological polar surface area (TPSA) is 58.1 Å². The van der Waals surface area contributed by atoms with Crippen LogP contribution in [0.4, 0.5) is 17.3 Å². The largest absolute Gasteiger partial charge is 0.325 e. The zero-order chi connectivity index (χ0) is 16.1. The molecule has 0 bridgehead atoms. The van der Waals surface area contributed by atoms with Crippen molar-refractivity contribution in [2.24, 2.45) is 5.92 Å². The molecular formula is C17H22N4O. The molecule has 1 heterocycles. The van der Waals surface area contributed by atoms with E-state index in [2.05, 4.69) is 46.4 Å². The second kappa shape index (κ2) is 7.02. The summed E-state index contributed by atoms with van der Waals surface area (Å²) in [7, 11) is 0. The Kier molecular flexibility index (Phi) is 5.09. The van der Waals surface area contributed by atoms with Gasteiger partial charge in [-0.15, -0.1) is 10.2 Å². The summed E-state index contributed by atoms with van der Waals surface area (Å²) in [5, 5.41) is 11.1. The zero-order valence-electron chi connectivity index (χ0n) is 13.5. The van der Waals surface area contributed by atoms with Gasteiger partial charge in [0.1, 0.15) is 0 Å². The molecular weight excluding hydrogens is 276 g/mol. The lowest BCUT2D eigenvalue weighted by molar-refractivity contribution is -0.118. The van der Waals surface area contributed by atoms with Gasteiger partial charge in [0.2, 0.25) is 5.91 Å². The van der Waals surface area contributed by atoms with Crippen molar-refractivity contribution >= 4 is 23.2 Å². The number of aromatic nitrogens is 2. The van der Waals surface area contributed by atoms with Gasteiger partial charge >= 0.3 is 0 Å². The summed E-state index contributed by atoms with van der Waals surface area (Å²) in [6, 6.07) is 11.9. The smallest absolute Gasteiger partial charge is 0.228 e. The fourth-order valence-corrected chi connectivity index (χ4v) is 2.08. The molecule has 0 unspecified atom stereocenters. The average molecular weight is 298 g/mol.